The fourth-order valence-corrected chi connectivity index (χ4v) is 3.65. The van der Waals surface area contributed by atoms with E-state index in [4.69, 9.17) is 4.99 Å². The van der Waals surface area contributed by atoms with Crippen LogP contribution in [-0.2, 0) is 0 Å². The lowest BCUT2D eigenvalue weighted by Gasteiger charge is -2.37. The number of benzene rings is 1. The van der Waals surface area contributed by atoms with Gasteiger partial charge in [0.25, 0.3) is 0 Å². The first-order chi connectivity index (χ1) is 12.2. The SMILES string of the molecule is CCNC(=NCC1CCN(C)C1)N1CCN(c2ccc(F)cc2)CC1. The maximum atomic E-state index is 13.1. The van der Waals surface area contributed by atoms with Crippen LogP contribution in [0.5, 0.6) is 0 Å². The third kappa shape index (κ3) is 4.84. The van der Waals surface area contributed by atoms with Gasteiger partial charge in [-0.2, -0.15) is 0 Å². The molecule has 0 bridgehead atoms. The second-order valence-corrected chi connectivity index (χ2v) is 7.06. The molecule has 25 heavy (non-hydrogen) atoms. The van der Waals surface area contributed by atoms with Crippen molar-refractivity contribution >= 4 is 11.6 Å². The molecule has 0 spiro atoms. The van der Waals surface area contributed by atoms with E-state index in [1.807, 2.05) is 12.1 Å². The average molecular weight is 347 g/mol. The molecule has 3 rings (SSSR count). The van der Waals surface area contributed by atoms with E-state index in [9.17, 15) is 4.39 Å². The number of aliphatic imine (C=N–C) groups is 1. The summed E-state index contributed by atoms with van der Waals surface area (Å²) in [4.78, 5) is 11.9. The van der Waals surface area contributed by atoms with E-state index >= 15 is 0 Å². The smallest absolute Gasteiger partial charge is 0.194 e. The van der Waals surface area contributed by atoms with Gasteiger partial charge in [-0.05, 0) is 57.1 Å². The molecule has 0 amide bonds. The summed E-state index contributed by atoms with van der Waals surface area (Å²) >= 11 is 0. The predicted octanol–water partition coefficient (Wildman–Crippen LogP) is 1.86. The standard InChI is InChI=1S/C19H30FN5/c1-3-21-19(22-14-16-8-9-23(2)15-16)25-12-10-24(11-13-25)18-6-4-17(20)5-7-18/h4-7,16H,3,8-15H2,1-2H3,(H,21,22). The largest absolute Gasteiger partial charge is 0.368 e. The highest BCUT2D eigenvalue weighted by Gasteiger charge is 2.22. The molecule has 138 valence electrons. The van der Waals surface area contributed by atoms with Gasteiger partial charge in [0.05, 0.1) is 0 Å². The number of hydrogen-bond acceptors (Lipinski definition) is 3. The highest BCUT2D eigenvalue weighted by Crippen LogP contribution is 2.18. The van der Waals surface area contributed by atoms with E-state index in [2.05, 4.69) is 34.0 Å². The molecule has 1 N–H and O–H groups in total. The molecule has 0 radical (unpaired) electrons. The summed E-state index contributed by atoms with van der Waals surface area (Å²) in [5, 5.41) is 3.44. The molecule has 1 aromatic carbocycles. The second kappa shape index (κ2) is 8.52. The Bertz CT molecular complexity index is 566. The summed E-state index contributed by atoms with van der Waals surface area (Å²) < 4.78 is 13.1. The minimum absolute atomic E-state index is 0.179. The second-order valence-electron chi connectivity index (χ2n) is 7.06. The Kier molecular flexibility index (Phi) is 6.13. The zero-order valence-corrected chi connectivity index (χ0v) is 15.4. The number of halogens is 1. The van der Waals surface area contributed by atoms with Crippen LogP contribution in [0.2, 0.25) is 0 Å². The van der Waals surface area contributed by atoms with Gasteiger partial charge in [0.15, 0.2) is 5.96 Å². The fourth-order valence-electron chi connectivity index (χ4n) is 3.65. The quantitative estimate of drug-likeness (QED) is 0.666. The number of hydrogen-bond donors (Lipinski definition) is 1. The van der Waals surface area contributed by atoms with Gasteiger partial charge in [0.2, 0.25) is 0 Å². The van der Waals surface area contributed by atoms with Crippen molar-refractivity contribution < 1.29 is 4.39 Å². The fraction of sp³-hybridized carbons (Fsp3) is 0.632. The van der Waals surface area contributed by atoms with Gasteiger partial charge in [0, 0.05) is 51.5 Å². The minimum Gasteiger partial charge on any atom is -0.368 e. The van der Waals surface area contributed by atoms with E-state index < -0.39 is 0 Å². The summed E-state index contributed by atoms with van der Waals surface area (Å²) in [6, 6.07) is 6.79. The molecular formula is C19H30FN5. The maximum Gasteiger partial charge on any atom is 0.194 e. The van der Waals surface area contributed by atoms with Crippen molar-refractivity contribution in [2.75, 3.05) is 64.3 Å². The molecule has 5 nitrogen and oxygen atoms in total. The van der Waals surface area contributed by atoms with Gasteiger partial charge in [0.1, 0.15) is 5.82 Å². The first-order valence-corrected chi connectivity index (χ1v) is 9.38. The van der Waals surface area contributed by atoms with E-state index in [1.54, 1.807) is 0 Å². The molecule has 2 saturated heterocycles. The van der Waals surface area contributed by atoms with Gasteiger partial charge in [-0.15, -0.1) is 0 Å². The van der Waals surface area contributed by atoms with Gasteiger partial charge < -0.3 is 20.0 Å². The van der Waals surface area contributed by atoms with Crippen LogP contribution in [0.3, 0.4) is 0 Å². The Morgan fingerprint density at radius 2 is 1.88 bits per heavy atom. The Balaban J connectivity index is 1.55. The van der Waals surface area contributed by atoms with Crippen molar-refractivity contribution in [3.8, 4) is 0 Å². The summed E-state index contributed by atoms with van der Waals surface area (Å²) in [6.07, 6.45) is 1.25. The molecule has 0 aromatic heterocycles. The van der Waals surface area contributed by atoms with Crippen molar-refractivity contribution in [1.82, 2.24) is 15.1 Å². The van der Waals surface area contributed by atoms with E-state index in [0.717, 1.165) is 57.5 Å². The topological polar surface area (TPSA) is 34.1 Å². The number of likely N-dealkylation sites (tertiary alicyclic amines) is 1. The molecule has 2 fully saturated rings. The van der Waals surface area contributed by atoms with Crippen LogP contribution in [0.1, 0.15) is 13.3 Å². The van der Waals surface area contributed by atoms with Crippen molar-refractivity contribution in [2.45, 2.75) is 13.3 Å². The van der Waals surface area contributed by atoms with Crippen LogP contribution in [-0.4, -0.2) is 75.2 Å². The monoisotopic (exact) mass is 347 g/mol. The summed E-state index contributed by atoms with van der Waals surface area (Å²) in [5.74, 6) is 1.54. The van der Waals surface area contributed by atoms with Crippen molar-refractivity contribution in [2.24, 2.45) is 10.9 Å². The van der Waals surface area contributed by atoms with Crippen LogP contribution in [0, 0.1) is 11.7 Å². The first kappa shape index (κ1) is 18.0. The lowest BCUT2D eigenvalue weighted by molar-refractivity contribution is 0.369. The van der Waals surface area contributed by atoms with Crippen molar-refractivity contribution in [1.29, 1.82) is 0 Å². The van der Waals surface area contributed by atoms with E-state index in [0.29, 0.717) is 5.92 Å². The Labute approximate surface area is 150 Å². The van der Waals surface area contributed by atoms with E-state index in [1.165, 1.54) is 25.1 Å². The molecule has 0 saturated carbocycles. The maximum absolute atomic E-state index is 13.1. The molecule has 1 atom stereocenters. The Morgan fingerprint density at radius 1 is 1.16 bits per heavy atom. The molecule has 0 aliphatic carbocycles. The number of piperazine rings is 1. The highest BCUT2D eigenvalue weighted by atomic mass is 19.1. The third-order valence-electron chi connectivity index (χ3n) is 5.09. The lowest BCUT2D eigenvalue weighted by atomic mass is 10.1. The summed E-state index contributed by atoms with van der Waals surface area (Å²) in [5.41, 5.74) is 1.09. The summed E-state index contributed by atoms with van der Waals surface area (Å²) in [6.45, 7) is 10.0. The molecule has 1 aromatic rings. The third-order valence-corrected chi connectivity index (χ3v) is 5.09. The predicted molar refractivity (Wildman–Crippen MR) is 102 cm³/mol. The molecule has 2 aliphatic rings. The Hall–Kier alpha value is -1.82. The van der Waals surface area contributed by atoms with Crippen LogP contribution < -0.4 is 10.2 Å². The number of rotatable bonds is 4. The minimum atomic E-state index is -0.179. The molecular weight excluding hydrogens is 317 g/mol. The zero-order chi connectivity index (χ0) is 17.6. The van der Waals surface area contributed by atoms with Crippen LogP contribution in [0.15, 0.2) is 29.3 Å². The van der Waals surface area contributed by atoms with Crippen LogP contribution >= 0.6 is 0 Å². The van der Waals surface area contributed by atoms with Gasteiger partial charge >= 0.3 is 0 Å². The van der Waals surface area contributed by atoms with E-state index in [-0.39, 0.29) is 5.82 Å². The highest BCUT2D eigenvalue weighted by molar-refractivity contribution is 5.80. The molecule has 2 aliphatic heterocycles. The van der Waals surface area contributed by atoms with Crippen LogP contribution in [0.25, 0.3) is 0 Å². The van der Waals surface area contributed by atoms with Crippen LogP contribution in [0.4, 0.5) is 10.1 Å². The number of guanidine groups is 1. The van der Waals surface area contributed by atoms with Gasteiger partial charge in [-0.3, -0.25) is 4.99 Å². The van der Waals surface area contributed by atoms with Crippen molar-refractivity contribution in [3.05, 3.63) is 30.1 Å². The summed E-state index contributed by atoms with van der Waals surface area (Å²) in [7, 11) is 2.18. The lowest BCUT2D eigenvalue weighted by Crippen LogP contribution is -2.52. The number of nitrogens with one attached hydrogen (secondary N) is 1. The number of nitrogens with zero attached hydrogens (tertiary/aromatic N) is 4. The molecule has 1 unspecified atom stereocenters. The number of anilines is 1. The average Bonchev–Trinajstić information content (AvgIpc) is 3.05. The van der Waals surface area contributed by atoms with Gasteiger partial charge in [-0.25, -0.2) is 4.39 Å². The normalized spacial score (nSPS) is 22.5. The molecule has 6 heteroatoms. The Morgan fingerprint density at radius 3 is 2.48 bits per heavy atom. The van der Waals surface area contributed by atoms with Crippen molar-refractivity contribution in [3.63, 3.8) is 0 Å². The zero-order valence-electron chi connectivity index (χ0n) is 15.4. The first-order valence-electron chi connectivity index (χ1n) is 9.38. The van der Waals surface area contributed by atoms with Gasteiger partial charge in [-0.1, -0.05) is 0 Å². The molecule has 2 heterocycles.